The Hall–Kier alpha value is -3.44. The smallest absolute Gasteiger partial charge is 0.247 e. The van der Waals surface area contributed by atoms with E-state index in [4.69, 9.17) is 4.42 Å². The summed E-state index contributed by atoms with van der Waals surface area (Å²) in [5.41, 5.74) is 6.93. The molecule has 4 nitrogen and oxygen atoms in total. The first kappa shape index (κ1) is 21.8. The van der Waals surface area contributed by atoms with Crippen molar-refractivity contribution in [2.24, 2.45) is 5.10 Å². The highest BCUT2D eigenvalue weighted by molar-refractivity contribution is 9.10. The Morgan fingerprint density at radius 1 is 0.969 bits per heavy atom. The Balaban J connectivity index is 1.47. The summed E-state index contributed by atoms with van der Waals surface area (Å²) in [5, 5.41) is 4.15. The van der Waals surface area contributed by atoms with Gasteiger partial charge in [0.05, 0.1) is 12.1 Å². The average Bonchev–Trinajstić information content (AvgIpc) is 3.28. The molecule has 160 valence electrons. The molecular weight excluding hydrogens is 464 g/mol. The molecule has 32 heavy (non-hydrogen) atoms. The minimum absolute atomic E-state index is 0.157. The van der Waals surface area contributed by atoms with Crippen LogP contribution in [0.5, 0.6) is 0 Å². The van der Waals surface area contributed by atoms with Crippen molar-refractivity contribution in [3.63, 3.8) is 0 Å². The maximum atomic E-state index is 13.0. The molecule has 1 heterocycles. The fraction of sp³-hybridized carbons (Fsp3) is 0.111. The van der Waals surface area contributed by atoms with Gasteiger partial charge in [0.2, 0.25) is 5.91 Å². The molecule has 4 rings (SSSR count). The Morgan fingerprint density at radius 2 is 1.69 bits per heavy atom. The molecule has 0 saturated carbocycles. The molecule has 0 aliphatic rings. The topological polar surface area (TPSA) is 54.6 Å². The van der Waals surface area contributed by atoms with Crippen LogP contribution in [0, 0.1) is 6.92 Å². The molecule has 1 unspecified atom stereocenters. The van der Waals surface area contributed by atoms with Crippen LogP contribution in [-0.2, 0) is 11.2 Å². The third-order valence-electron chi connectivity index (χ3n) is 5.33. The number of aryl methyl sites for hydroxylation is 1. The van der Waals surface area contributed by atoms with Gasteiger partial charge in [0, 0.05) is 10.0 Å². The summed E-state index contributed by atoms with van der Waals surface area (Å²) in [6.45, 7) is 2.06. The van der Waals surface area contributed by atoms with E-state index in [1.54, 1.807) is 0 Å². The van der Waals surface area contributed by atoms with Crippen molar-refractivity contribution < 1.29 is 9.21 Å². The fourth-order valence-electron chi connectivity index (χ4n) is 3.54. The zero-order valence-electron chi connectivity index (χ0n) is 17.7. The Labute approximate surface area is 196 Å². The number of carbonyl (C=O) groups excluding carboxylic acids is 1. The molecule has 0 saturated heterocycles. The normalized spacial score (nSPS) is 12.1. The molecule has 1 amide bonds. The number of carbonyl (C=O) groups is 1. The number of hydrogen-bond donors (Lipinski definition) is 1. The quantitative estimate of drug-likeness (QED) is 0.239. The number of halogens is 1. The number of rotatable bonds is 7. The van der Waals surface area contributed by atoms with E-state index in [2.05, 4.69) is 45.5 Å². The van der Waals surface area contributed by atoms with Crippen molar-refractivity contribution in [2.75, 3.05) is 0 Å². The fourth-order valence-corrected chi connectivity index (χ4v) is 3.80. The average molecular weight is 487 g/mol. The van der Waals surface area contributed by atoms with Gasteiger partial charge in [-0.1, -0.05) is 82.7 Å². The minimum Gasteiger partial charge on any atom is -0.455 e. The highest BCUT2D eigenvalue weighted by atomic mass is 79.9. The predicted molar refractivity (Wildman–Crippen MR) is 132 cm³/mol. The van der Waals surface area contributed by atoms with E-state index in [-0.39, 0.29) is 11.8 Å². The van der Waals surface area contributed by atoms with Gasteiger partial charge in [0.15, 0.2) is 0 Å². The van der Waals surface area contributed by atoms with Crippen LogP contribution in [0.3, 0.4) is 0 Å². The lowest BCUT2D eigenvalue weighted by atomic mass is 9.90. The first-order chi connectivity index (χ1) is 15.6. The summed E-state index contributed by atoms with van der Waals surface area (Å²) in [6, 6.07) is 29.5. The van der Waals surface area contributed by atoms with Gasteiger partial charge in [-0.2, -0.15) is 5.10 Å². The number of hydrazone groups is 1. The molecule has 5 heteroatoms. The van der Waals surface area contributed by atoms with Crippen molar-refractivity contribution in [2.45, 2.75) is 19.3 Å². The van der Waals surface area contributed by atoms with Crippen LogP contribution in [-0.4, -0.2) is 12.1 Å². The van der Waals surface area contributed by atoms with Gasteiger partial charge >= 0.3 is 0 Å². The number of nitrogens with zero attached hydrogens (tertiary/aromatic N) is 1. The lowest BCUT2D eigenvalue weighted by Crippen LogP contribution is -2.27. The lowest BCUT2D eigenvalue weighted by molar-refractivity contribution is -0.122. The molecular formula is C27H23BrN2O2. The highest BCUT2D eigenvalue weighted by Gasteiger charge is 2.21. The third-order valence-corrected chi connectivity index (χ3v) is 5.85. The summed E-state index contributed by atoms with van der Waals surface area (Å²) in [4.78, 5) is 13.0. The standard InChI is InChI=1S/C27H23BrN2O2/c1-19-7-5-6-10-22(19)17-25(20-8-3-2-4-9-20)27(31)30-29-18-24-15-16-26(32-24)21-11-13-23(28)14-12-21/h2-16,18,25H,17H2,1H3,(H,30,31). The second-order valence-corrected chi connectivity index (χ2v) is 8.45. The second kappa shape index (κ2) is 10.2. The van der Waals surface area contributed by atoms with Crippen LogP contribution in [0.1, 0.15) is 28.4 Å². The maximum absolute atomic E-state index is 13.0. The summed E-state index contributed by atoms with van der Waals surface area (Å²) < 4.78 is 6.84. The summed E-state index contributed by atoms with van der Waals surface area (Å²) in [5.74, 6) is 0.810. The Kier molecular flexibility index (Phi) is 6.97. The van der Waals surface area contributed by atoms with Crippen LogP contribution < -0.4 is 5.43 Å². The molecule has 4 aromatic rings. The van der Waals surface area contributed by atoms with Crippen LogP contribution >= 0.6 is 15.9 Å². The summed E-state index contributed by atoms with van der Waals surface area (Å²) >= 11 is 3.43. The van der Waals surface area contributed by atoms with Crippen LogP contribution in [0.15, 0.2) is 105 Å². The van der Waals surface area contributed by atoms with Crippen molar-refractivity contribution >= 4 is 28.1 Å². The first-order valence-electron chi connectivity index (χ1n) is 10.4. The molecule has 3 aromatic carbocycles. The third kappa shape index (κ3) is 5.42. The molecule has 1 aromatic heterocycles. The minimum atomic E-state index is -0.343. The molecule has 0 fully saturated rings. The van der Waals surface area contributed by atoms with Crippen molar-refractivity contribution in [1.29, 1.82) is 0 Å². The highest BCUT2D eigenvalue weighted by Crippen LogP contribution is 2.24. The van der Waals surface area contributed by atoms with E-state index < -0.39 is 0 Å². The number of hydrogen-bond acceptors (Lipinski definition) is 3. The van der Waals surface area contributed by atoms with Gasteiger partial charge in [-0.05, 0) is 54.3 Å². The van der Waals surface area contributed by atoms with Crippen molar-refractivity contribution in [3.05, 3.63) is 118 Å². The second-order valence-electron chi connectivity index (χ2n) is 7.54. The van der Waals surface area contributed by atoms with Crippen LogP contribution in [0.25, 0.3) is 11.3 Å². The Morgan fingerprint density at radius 3 is 2.44 bits per heavy atom. The molecule has 0 spiro atoms. The largest absolute Gasteiger partial charge is 0.455 e. The van der Waals surface area contributed by atoms with Gasteiger partial charge in [0.25, 0.3) is 0 Å². The van der Waals surface area contributed by atoms with E-state index in [1.807, 2.05) is 78.9 Å². The SMILES string of the molecule is Cc1ccccc1CC(C(=O)NN=Cc1ccc(-c2ccc(Br)cc2)o1)c1ccccc1. The van der Waals surface area contributed by atoms with E-state index in [0.29, 0.717) is 12.2 Å². The lowest BCUT2D eigenvalue weighted by Gasteiger charge is -2.17. The number of nitrogens with one attached hydrogen (secondary N) is 1. The molecule has 0 aliphatic carbocycles. The zero-order valence-corrected chi connectivity index (χ0v) is 19.2. The van der Waals surface area contributed by atoms with E-state index in [9.17, 15) is 4.79 Å². The monoisotopic (exact) mass is 486 g/mol. The van der Waals surface area contributed by atoms with Gasteiger partial charge in [-0.25, -0.2) is 5.43 Å². The van der Waals surface area contributed by atoms with Gasteiger partial charge < -0.3 is 4.42 Å². The van der Waals surface area contributed by atoms with Crippen LogP contribution in [0.4, 0.5) is 0 Å². The van der Waals surface area contributed by atoms with E-state index >= 15 is 0 Å². The summed E-state index contributed by atoms with van der Waals surface area (Å²) in [7, 11) is 0. The first-order valence-corrected chi connectivity index (χ1v) is 11.2. The molecule has 1 atom stereocenters. The number of furan rings is 1. The number of benzene rings is 3. The summed E-state index contributed by atoms with van der Waals surface area (Å²) in [6.07, 6.45) is 2.13. The van der Waals surface area contributed by atoms with Crippen molar-refractivity contribution in [1.82, 2.24) is 5.43 Å². The number of amides is 1. The van der Waals surface area contributed by atoms with Gasteiger partial charge in [0.1, 0.15) is 11.5 Å². The molecule has 0 bridgehead atoms. The molecule has 1 N–H and O–H groups in total. The molecule has 0 radical (unpaired) electrons. The zero-order chi connectivity index (χ0) is 22.3. The Bertz CT molecular complexity index is 1210. The van der Waals surface area contributed by atoms with Crippen molar-refractivity contribution in [3.8, 4) is 11.3 Å². The van der Waals surface area contributed by atoms with Crippen LogP contribution in [0.2, 0.25) is 0 Å². The predicted octanol–water partition coefficient (Wildman–Crippen LogP) is 6.49. The molecule has 0 aliphatic heterocycles. The van der Waals surface area contributed by atoms with E-state index in [1.165, 1.54) is 11.8 Å². The maximum Gasteiger partial charge on any atom is 0.247 e. The van der Waals surface area contributed by atoms with Gasteiger partial charge in [-0.3, -0.25) is 4.79 Å². The van der Waals surface area contributed by atoms with Gasteiger partial charge in [-0.15, -0.1) is 0 Å². The van der Waals surface area contributed by atoms with E-state index in [0.717, 1.165) is 26.9 Å².